The van der Waals surface area contributed by atoms with Crippen molar-refractivity contribution in [2.75, 3.05) is 18.4 Å². The van der Waals surface area contributed by atoms with Gasteiger partial charge in [-0.2, -0.15) is 0 Å². The fourth-order valence-corrected chi connectivity index (χ4v) is 2.23. The number of amides is 3. The van der Waals surface area contributed by atoms with E-state index in [4.69, 9.17) is 0 Å². The zero-order valence-corrected chi connectivity index (χ0v) is 14.0. The molecule has 0 fully saturated rings. The van der Waals surface area contributed by atoms with Gasteiger partial charge in [0.2, 0.25) is 5.91 Å². The highest BCUT2D eigenvalue weighted by molar-refractivity contribution is 5.94. The minimum absolute atomic E-state index is 0.370. The normalized spacial score (nSPS) is 10.3. The van der Waals surface area contributed by atoms with Crippen LogP contribution in [0.3, 0.4) is 0 Å². The van der Waals surface area contributed by atoms with Crippen LogP contribution in [0.1, 0.15) is 11.1 Å². The van der Waals surface area contributed by atoms with Crippen LogP contribution in [0.25, 0.3) is 0 Å². The van der Waals surface area contributed by atoms with Gasteiger partial charge in [0.05, 0.1) is 12.2 Å². The molecule has 0 saturated heterocycles. The summed E-state index contributed by atoms with van der Waals surface area (Å²) in [5, 5.41) is 6.94. The second kappa shape index (κ2) is 8.89. The molecular weight excluding hydrogens is 347 g/mol. The minimum atomic E-state index is -1.68. The van der Waals surface area contributed by atoms with Crippen molar-refractivity contribution in [2.45, 2.75) is 13.3 Å². The number of carbonyl (C=O) groups excluding carboxylic acids is 2. The second-order valence-corrected chi connectivity index (χ2v) is 5.62. The van der Waals surface area contributed by atoms with Crippen LogP contribution < -0.4 is 16.0 Å². The molecule has 3 N–H and O–H groups in total. The second-order valence-electron chi connectivity index (χ2n) is 5.62. The standard InChI is InChI=1S/C18H18F3N3O2/c1-11-3-2-4-12(9-11)7-8-22-18(26)23-10-15(25)24-14-6-5-13(19)16(20)17(14)21/h2-6,9H,7-8,10H2,1H3,(H,24,25)(H2,22,23,26). The lowest BCUT2D eigenvalue weighted by atomic mass is 10.1. The van der Waals surface area contributed by atoms with E-state index in [0.717, 1.165) is 17.2 Å². The molecule has 0 aromatic heterocycles. The topological polar surface area (TPSA) is 70.2 Å². The van der Waals surface area contributed by atoms with Crippen molar-refractivity contribution in [3.63, 3.8) is 0 Å². The Bertz CT molecular complexity index is 812. The Balaban J connectivity index is 1.73. The molecule has 26 heavy (non-hydrogen) atoms. The number of aryl methyl sites for hydroxylation is 1. The van der Waals surface area contributed by atoms with Crippen LogP contribution in [0.15, 0.2) is 36.4 Å². The molecule has 0 aliphatic heterocycles. The number of hydrogen-bond donors (Lipinski definition) is 3. The van der Waals surface area contributed by atoms with Gasteiger partial charge in [-0.15, -0.1) is 0 Å². The summed E-state index contributed by atoms with van der Waals surface area (Å²) in [4.78, 5) is 23.3. The summed E-state index contributed by atoms with van der Waals surface area (Å²) >= 11 is 0. The van der Waals surface area contributed by atoms with Crippen LogP contribution >= 0.6 is 0 Å². The maximum Gasteiger partial charge on any atom is 0.315 e. The summed E-state index contributed by atoms with van der Waals surface area (Å²) in [6.45, 7) is 1.89. The van der Waals surface area contributed by atoms with E-state index in [2.05, 4.69) is 16.0 Å². The van der Waals surface area contributed by atoms with Crippen molar-refractivity contribution in [3.8, 4) is 0 Å². The van der Waals surface area contributed by atoms with Crippen LogP contribution in [0.5, 0.6) is 0 Å². The molecule has 0 atom stereocenters. The van der Waals surface area contributed by atoms with E-state index < -0.39 is 41.6 Å². The van der Waals surface area contributed by atoms with Crippen LogP contribution in [0, 0.1) is 24.4 Å². The number of anilines is 1. The van der Waals surface area contributed by atoms with E-state index in [-0.39, 0.29) is 0 Å². The van der Waals surface area contributed by atoms with Gasteiger partial charge in [0.15, 0.2) is 17.5 Å². The third-order valence-electron chi connectivity index (χ3n) is 3.50. The van der Waals surface area contributed by atoms with E-state index in [1.165, 1.54) is 0 Å². The van der Waals surface area contributed by atoms with E-state index in [1.807, 2.05) is 31.2 Å². The van der Waals surface area contributed by atoms with Gasteiger partial charge in [-0.3, -0.25) is 4.79 Å². The number of halogens is 3. The lowest BCUT2D eigenvalue weighted by Gasteiger charge is -2.09. The molecule has 0 spiro atoms. The summed E-state index contributed by atoms with van der Waals surface area (Å²) < 4.78 is 39.3. The van der Waals surface area contributed by atoms with Gasteiger partial charge in [0.25, 0.3) is 0 Å². The van der Waals surface area contributed by atoms with Gasteiger partial charge in [0, 0.05) is 6.54 Å². The largest absolute Gasteiger partial charge is 0.338 e. The fourth-order valence-electron chi connectivity index (χ4n) is 2.23. The van der Waals surface area contributed by atoms with Gasteiger partial charge < -0.3 is 16.0 Å². The first-order valence-corrected chi connectivity index (χ1v) is 7.87. The highest BCUT2D eigenvalue weighted by atomic mass is 19.2. The van der Waals surface area contributed by atoms with Gasteiger partial charge in [-0.1, -0.05) is 29.8 Å². The quantitative estimate of drug-likeness (QED) is 0.689. The third kappa shape index (κ3) is 5.51. The molecule has 5 nitrogen and oxygen atoms in total. The summed E-state index contributed by atoms with van der Waals surface area (Å²) in [5.74, 6) is -5.30. The number of urea groups is 1. The first-order valence-electron chi connectivity index (χ1n) is 7.87. The molecule has 0 heterocycles. The lowest BCUT2D eigenvalue weighted by molar-refractivity contribution is -0.115. The van der Waals surface area contributed by atoms with Crippen molar-refractivity contribution < 1.29 is 22.8 Å². The van der Waals surface area contributed by atoms with Crippen molar-refractivity contribution in [2.24, 2.45) is 0 Å². The van der Waals surface area contributed by atoms with Crippen molar-refractivity contribution >= 4 is 17.6 Å². The zero-order valence-electron chi connectivity index (χ0n) is 14.0. The SMILES string of the molecule is Cc1cccc(CCNC(=O)NCC(=O)Nc2ccc(F)c(F)c2F)c1. The smallest absolute Gasteiger partial charge is 0.315 e. The molecule has 0 saturated carbocycles. The van der Waals surface area contributed by atoms with E-state index >= 15 is 0 Å². The van der Waals surface area contributed by atoms with Crippen LogP contribution in [0.4, 0.5) is 23.7 Å². The van der Waals surface area contributed by atoms with Gasteiger partial charge >= 0.3 is 6.03 Å². The van der Waals surface area contributed by atoms with Crippen molar-refractivity contribution in [1.82, 2.24) is 10.6 Å². The summed E-state index contributed by atoms with van der Waals surface area (Å²) in [6.07, 6.45) is 0.626. The average Bonchev–Trinajstić information content (AvgIpc) is 2.60. The maximum absolute atomic E-state index is 13.4. The highest BCUT2D eigenvalue weighted by Crippen LogP contribution is 2.19. The number of carbonyl (C=O) groups is 2. The Hall–Kier alpha value is -3.03. The van der Waals surface area contributed by atoms with Crippen molar-refractivity contribution in [3.05, 3.63) is 65.0 Å². The molecular formula is C18H18F3N3O2. The molecule has 2 aromatic rings. The van der Waals surface area contributed by atoms with Crippen LogP contribution in [-0.4, -0.2) is 25.0 Å². The predicted molar refractivity (Wildman–Crippen MR) is 91.2 cm³/mol. The van der Waals surface area contributed by atoms with Crippen LogP contribution in [0.2, 0.25) is 0 Å². The highest BCUT2D eigenvalue weighted by Gasteiger charge is 2.15. The molecule has 0 aliphatic rings. The first kappa shape index (κ1) is 19.3. The Morgan fingerprint density at radius 2 is 1.77 bits per heavy atom. The number of rotatable bonds is 6. The van der Waals surface area contributed by atoms with E-state index in [1.54, 1.807) is 0 Å². The zero-order chi connectivity index (χ0) is 19.1. The molecule has 2 rings (SSSR count). The Morgan fingerprint density at radius 1 is 1.00 bits per heavy atom. The summed E-state index contributed by atoms with van der Waals surface area (Å²) in [6, 6.07) is 8.86. The lowest BCUT2D eigenvalue weighted by Crippen LogP contribution is -2.40. The minimum Gasteiger partial charge on any atom is -0.338 e. The Labute approximate surface area is 148 Å². The van der Waals surface area contributed by atoms with Gasteiger partial charge in [-0.05, 0) is 31.0 Å². The van der Waals surface area contributed by atoms with Gasteiger partial charge in [-0.25, -0.2) is 18.0 Å². The Morgan fingerprint density at radius 3 is 2.50 bits per heavy atom. The molecule has 0 unspecified atom stereocenters. The first-order chi connectivity index (χ1) is 12.4. The van der Waals surface area contributed by atoms with Crippen molar-refractivity contribution in [1.29, 1.82) is 0 Å². The van der Waals surface area contributed by atoms with E-state index in [9.17, 15) is 22.8 Å². The number of benzene rings is 2. The molecule has 8 heteroatoms. The van der Waals surface area contributed by atoms with Gasteiger partial charge in [0.1, 0.15) is 0 Å². The third-order valence-corrected chi connectivity index (χ3v) is 3.50. The molecule has 0 radical (unpaired) electrons. The summed E-state index contributed by atoms with van der Waals surface area (Å²) in [5.41, 5.74) is 1.68. The van der Waals surface area contributed by atoms with Crippen LogP contribution in [-0.2, 0) is 11.2 Å². The molecule has 2 aromatic carbocycles. The molecule has 0 bridgehead atoms. The molecule has 3 amide bonds. The Kier molecular flexibility index (Phi) is 6.60. The fraction of sp³-hybridized carbons (Fsp3) is 0.222. The maximum atomic E-state index is 13.4. The average molecular weight is 365 g/mol. The number of hydrogen-bond acceptors (Lipinski definition) is 2. The van der Waals surface area contributed by atoms with E-state index in [0.29, 0.717) is 19.0 Å². The summed E-state index contributed by atoms with van der Waals surface area (Å²) in [7, 11) is 0. The monoisotopic (exact) mass is 365 g/mol. The number of nitrogens with one attached hydrogen (secondary N) is 3. The predicted octanol–water partition coefficient (Wildman–Crippen LogP) is 2.89. The molecule has 0 aliphatic carbocycles. The molecule has 138 valence electrons.